The Morgan fingerprint density at radius 2 is 1.63 bits per heavy atom. The Bertz CT molecular complexity index is 1120. The molecule has 0 amide bonds. The highest BCUT2D eigenvalue weighted by Crippen LogP contribution is 2.36. The number of hydrogen-bond acceptors (Lipinski definition) is 3. The quantitative estimate of drug-likeness (QED) is 0.459. The molecular weight excluding hydrogens is 377 g/mol. The van der Waals surface area contributed by atoms with E-state index in [1.807, 2.05) is 0 Å². The molecule has 0 fully saturated rings. The normalized spacial score (nSPS) is 11.9. The van der Waals surface area contributed by atoms with E-state index in [9.17, 15) is 13.2 Å². The highest BCUT2D eigenvalue weighted by molar-refractivity contribution is 6.30. The second kappa shape index (κ2) is 6.35. The van der Waals surface area contributed by atoms with E-state index >= 15 is 0 Å². The second-order valence-electron chi connectivity index (χ2n) is 5.96. The van der Waals surface area contributed by atoms with E-state index in [4.69, 9.17) is 11.6 Å². The van der Waals surface area contributed by atoms with E-state index in [2.05, 4.69) is 15.1 Å². The lowest BCUT2D eigenvalue weighted by Crippen LogP contribution is -2.13. The first-order chi connectivity index (χ1) is 12.8. The van der Waals surface area contributed by atoms with Gasteiger partial charge in [0.2, 0.25) is 0 Å². The molecule has 0 aliphatic rings. The SMILES string of the molecule is Cc1nn2c(C(F)(F)F)cc(-c3ccncc3)nc2c1-c1ccc(Cl)cc1. The third-order valence-corrected chi connectivity index (χ3v) is 4.42. The van der Waals surface area contributed by atoms with E-state index in [0.717, 1.165) is 10.6 Å². The minimum Gasteiger partial charge on any atom is -0.265 e. The molecule has 1 aromatic carbocycles. The van der Waals surface area contributed by atoms with Gasteiger partial charge >= 0.3 is 6.18 Å². The van der Waals surface area contributed by atoms with E-state index in [1.165, 1.54) is 12.4 Å². The molecule has 0 aliphatic carbocycles. The van der Waals surface area contributed by atoms with Gasteiger partial charge in [-0.15, -0.1) is 0 Å². The number of aromatic nitrogens is 4. The molecule has 0 spiro atoms. The maximum Gasteiger partial charge on any atom is 0.433 e. The zero-order chi connectivity index (χ0) is 19.2. The molecule has 8 heteroatoms. The van der Waals surface area contributed by atoms with Crippen LogP contribution in [-0.2, 0) is 6.18 Å². The Kier molecular flexibility index (Phi) is 4.11. The summed E-state index contributed by atoms with van der Waals surface area (Å²) in [6.45, 7) is 1.66. The first-order valence-electron chi connectivity index (χ1n) is 7.98. The Hall–Kier alpha value is -2.93. The van der Waals surface area contributed by atoms with Crippen molar-refractivity contribution in [3.8, 4) is 22.4 Å². The van der Waals surface area contributed by atoms with Gasteiger partial charge < -0.3 is 0 Å². The van der Waals surface area contributed by atoms with Crippen molar-refractivity contribution in [3.05, 3.63) is 71.3 Å². The fourth-order valence-electron chi connectivity index (χ4n) is 2.95. The fourth-order valence-corrected chi connectivity index (χ4v) is 3.08. The smallest absolute Gasteiger partial charge is 0.265 e. The molecule has 136 valence electrons. The third-order valence-electron chi connectivity index (χ3n) is 4.16. The van der Waals surface area contributed by atoms with E-state index < -0.39 is 11.9 Å². The first-order valence-corrected chi connectivity index (χ1v) is 8.36. The van der Waals surface area contributed by atoms with Gasteiger partial charge in [0.25, 0.3) is 0 Å². The predicted octanol–water partition coefficient (Wildman–Crippen LogP) is 5.44. The molecule has 4 rings (SSSR count). The summed E-state index contributed by atoms with van der Waals surface area (Å²) in [4.78, 5) is 8.38. The lowest BCUT2D eigenvalue weighted by Gasteiger charge is -2.11. The molecule has 0 atom stereocenters. The zero-order valence-electron chi connectivity index (χ0n) is 14.0. The van der Waals surface area contributed by atoms with Crippen LogP contribution >= 0.6 is 11.6 Å². The molecule has 0 unspecified atom stereocenters. The molecule has 27 heavy (non-hydrogen) atoms. The Morgan fingerprint density at radius 1 is 0.963 bits per heavy atom. The minimum absolute atomic E-state index is 0.136. The van der Waals surface area contributed by atoms with E-state index in [1.54, 1.807) is 43.3 Å². The van der Waals surface area contributed by atoms with Crippen LogP contribution in [-0.4, -0.2) is 19.6 Å². The van der Waals surface area contributed by atoms with Crippen molar-refractivity contribution >= 4 is 17.2 Å². The number of benzene rings is 1. The summed E-state index contributed by atoms with van der Waals surface area (Å²) in [5.74, 6) is 0. The number of alkyl halides is 3. The second-order valence-corrected chi connectivity index (χ2v) is 6.40. The Morgan fingerprint density at radius 3 is 2.26 bits per heavy atom. The summed E-state index contributed by atoms with van der Waals surface area (Å²) in [5, 5.41) is 4.64. The number of hydrogen-bond donors (Lipinski definition) is 0. The van der Waals surface area contributed by atoms with Crippen LogP contribution in [0.2, 0.25) is 5.02 Å². The monoisotopic (exact) mass is 388 g/mol. The number of fused-ring (bicyclic) bond motifs is 1. The Labute approximate surface area is 157 Å². The maximum atomic E-state index is 13.7. The summed E-state index contributed by atoms with van der Waals surface area (Å²) in [5.41, 5.74) is 1.67. The molecule has 0 saturated heterocycles. The van der Waals surface area contributed by atoms with Crippen molar-refractivity contribution in [2.45, 2.75) is 13.1 Å². The number of rotatable bonds is 2. The zero-order valence-corrected chi connectivity index (χ0v) is 14.8. The fraction of sp³-hybridized carbons (Fsp3) is 0.105. The van der Waals surface area contributed by atoms with Crippen LogP contribution in [0.15, 0.2) is 54.9 Å². The average molecular weight is 389 g/mol. The summed E-state index contributed by atoms with van der Waals surface area (Å²) in [7, 11) is 0. The molecule has 4 aromatic rings. The minimum atomic E-state index is -4.58. The van der Waals surface area contributed by atoms with Crippen LogP contribution < -0.4 is 0 Å². The molecule has 4 nitrogen and oxygen atoms in total. The maximum absolute atomic E-state index is 13.7. The van der Waals surface area contributed by atoms with Crippen molar-refractivity contribution in [3.63, 3.8) is 0 Å². The van der Waals surface area contributed by atoms with Gasteiger partial charge in [0.05, 0.1) is 11.4 Å². The number of pyridine rings is 1. The average Bonchev–Trinajstić information content (AvgIpc) is 2.97. The number of nitrogens with zero attached hydrogens (tertiary/aromatic N) is 4. The van der Waals surface area contributed by atoms with Gasteiger partial charge in [0, 0.05) is 28.5 Å². The third kappa shape index (κ3) is 3.14. The lowest BCUT2D eigenvalue weighted by molar-refractivity contribution is -0.142. The van der Waals surface area contributed by atoms with Gasteiger partial charge in [-0.2, -0.15) is 18.3 Å². The highest BCUT2D eigenvalue weighted by atomic mass is 35.5. The van der Waals surface area contributed by atoms with Crippen molar-refractivity contribution in [2.24, 2.45) is 0 Å². The van der Waals surface area contributed by atoms with Crippen molar-refractivity contribution in [1.29, 1.82) is 0 Å². The summed E-state index contributed by atoms with van der Waals surface area (Å²) in [6, 6.07) is 11.1. The highest BCUT2D eigenvalue weighted by Gasteiger charge is 2.36. The van der Waals surface area contributed by atoms with Crippen LogP contribution in [0.5, 0.6) is 0 Å². The van der Waals surface area contributed by atoms with Crippen LogP contribution in [0.4, 0.5) is 13.2 Å². The van der Waals surface area contributed by atoms with Crippen LogP contribution in [0.1, 0.15) is 11.4 Å². The number of aryl methyl sites for hydroxylation is 1. The van der Waals surface area contributed by atoms with Gasteiger partial charge in [-0.3, -0.25) is 4.98 Å². The first kappa shape index (κ1) is 17.5. The standard InChI is InChI=1S/C19H12ClF3N4/c1-11-17(13-2-4-14(20)5-3-13)18-25-15(12-6-8-24-9-7-12)10-16(19(21,22)23)27(18)26-11/h2-10H,1H3. The molecule has 3 aromatic heterocycles. The lowest BCUT2D eigenvalue weighted by atomic mass is 10.1. The van der Waals surface area contributed by atoms with Crippen LogP contribution in [0.25, 0.3) is 28.0 Å². The largest absolute Gasteiger partial charge is 0.433 e. The van der Waals surface area contributed by atoms with Gasteiger partial charge in [0.1, 0.15) is 0 Å². The molecule has 0 N–H and O–H groups in total. The number of halogens is 4. The van der Waals surface area contributed by atoms with Crippen molar-refractivity contribution < 1.29 is 13.2 Å². The van der Waals surface area contributed by atoms with Crippen molar-refractivity contribution in [1.82, 2.24) is 19.6 Å². The van der Waals surface area contributed by atoms with Gasteiger partial charge in [-0.05, 0) is 42.8 Å². The molecular formula is C19H12ClF3N4. The molecule has 0 radical (unpaired) electrons. The van der Waals surface area contributed by atoms with Crippen LogP contribution in [0.3, 0.4) is 0 Å². The van der Waals surface area contributed by atoms with Gasteiger partial charge in [0.15, 0.2) is 11.3 Å². The van der Waals surface area contributed by atoms with Gasteiger partial charge in [-0.25, -0.2) is 9.50 Å². The van der Waals surface area contributed by atoms with Crippen LogP contribution in [0, 0.1) is 6.92 Å². The molecule has 0 bridgehead atoms. The molecule has 0 saturated carbocycles. The molecule has 3 heterocycles. The molecule has 0 aliphatic heterocycles. The topological polar surface area (TPSA) is 43.1 Å². The van der Waals surface area contributed by atoms with Crippen molar-refractivity contribution in [2.75, 3.05) is 0 Å². The van der Waals surface area contributed by atoms with E-state index in [-0.39, 0.29) is 11.3 Å². The predicted molar refractivity (Wildman–Crippen MR) is 96.4 cm³/mol. The van der Waals surface area contributed by atoms with E-state index in [0.29, 0.717) is 27.4 Å². The van der Waals surface area contributed by atoms with Gasteiger partial charge in [-0.1, -0.05) is 23.7 Å². The Balaban J connectivity index is 2.06. The summed E-state index contributed by atoms with van der Waals surface area (Å²) in [6.07, 6.45) is -1.56. The summed E-state index contributed by atoms with van der Waals surface area (Å²) < 4.78 is 41.9. The summed E-state index contributed by atoms with van der Waals surface area (Å²) >= 11 is 5.93.